The molecule has 1 aromatic heterocycles. The van der Waals surface area contributed by atoms with Crippen molar-refractivity contribution in [1.29, 1.82) is 0 Å². The molecule has 2 fully saturated rings. The van der Waals surface area contributed by atoms with Gasteiger partial charge in [0.15, 0.2) is 5.13 Å². The summed E-state index contributed by atoms with van der Waals surface area (Å²) in [6.45, 7) is 6.54. The summed E-state index contributed by atoms with van der Waals surface area (Å²) in [6, 6.07) is 7.04. The highest BCUT2D eigenvalue weighted by molar-refractivity contribution is 7.15. The molecule has 6 atom stereocenters. The van der Waals surface area contributed by atoms with Crippen molar-refractivity contribution in [2.24, 2.45) is 23.2 Å². The Hall–Kier alpha value is -2.41. The Bertz CT molecular complexity index is 1030. The summed E-state index contributed by atoms with van der Waals surface area (Å²) in [5.74, 6) is 1.22. The third-order valence-electron chi connectivity index (χ3n) is 7.73. The highest BCUT2D eigenvalue weighted by Gasteiger charge is 2.58. The molecule has 2 aliphatic carbocycles. The molecule has 1 saturated carbocycles. The second kappa shape index (κ2) is 7.33. The van der Waals surface area contributed by atoms with Crippen LogP contribution in [0.2, 0.25) is 0 Å². The molecule has 0 bridgehead atoms. The van der Waals surface area contributed by atoms with E-state index in [0.717, 1.165) is 25.0 Å². The predicted molar refractivity (Wildman–Crippen MR) is 119 cm³/mol. The first-order valence-corrected chi connectivity index (χ1v) is 11.8. The molecular weight excluding hydrogens is 412 g/mol. The first-order valence-electron chi connectivity index (χ1n) is 11.0. The standard InChI is InChI=1S/C24H28N2O4S/c1-12-16-9-10-24(3)11-17-19(13(2)18(24)20(16)30-22(12)28)25-23(31-17)26-21(27)14-5-7-15(29-4)8-6-14/h5-8,12-13,16,18,20H,9-11H2,1-4H3,(H,25,26,27)/t12-,13+,16-,18+,20+,24+/m0/s1. The predicted octanol–water partition coefficient (Wildman–Crippen LogP) is 4.66. The van der Waals surface area contributed by atoms with Crippen molar-refractivity contribution in [2.45, 2.75) is 52.1 Å². The normalized spacial score (nSPS) is 33.7. The van der Waals surface area contributed by atoms with Gasteiger partial charge < -0.3 is 9.47 Å². The second-order valence-corrected chi connectivity index (χ2v) is 10.6. The van der Waals surface area contributed by atoms with Gasteiger partial charge in [0, 0.05) is 28.2 Å². The molecule has 164 valence electrons. The number of carbonyl (C=O) groups is 2. The molecule has 6 nitrogen and oxygen atoms in total. The molecular formula is C24H28N2O4S. The number of anilines is 1. The molecule has 1 N–H and O–H groups in total. The monoisotopic (exact) mass is 440 g/mol. The van der Waals surface area contributed by atoms with Crippen LogP contribution in [0.25, 0.3) is 0 Å². The fourth-order valence-corrected chi connectivity index (χ4v) is 7.30. The van der Waals surface area contributed by atoms with Crippen LogP contribution in [0.4, 0.5) is 5.13 Å². The van der Waals surface area contributed by atoms with Crippen molar-refractivity contribution in [2.75, 3.05) is 12.4 Å². The van der Waals surface area contributed by atoms with E-state index < -0.39 is 0 Å². The van der Waals surface area contributed by atoms with Crippen molar-refractivity contribution in [3.63, 3.8) is 0 Å². The smallest absolute Gasteiger partial charge is 0.309 e. The number of ether oxygens (including phenoxy) is 2. The summed E-state index contributed by atoms with van der Waals surface area (Å²) < 4.78 is 11.1. The maximum atomic E-state index is 12.7. The lowest BCUT2D eigenvalue weighted by Crippen LogP contribution is -2.50. The largest absolute Gasteiger partial charge is 0.497 e. The number of amides is 1. The van der Waals surface area contributed by atoms with Crippen molar-refractivity contribution in [3.05, 3.63) is 40.4 Å². The number of aromatic nitrogens is 1. The first-order chi connectivity index (χ1) is 14.8. The minimum atomic E-state index is -0.177. The average molecular weight is 441 g/mol. The molecule has 7 heteroatoms. The van der Waals surface area contributed by atoms with E-state index in [0.29, 0.717) is 22.4 Å². The van der Waals surface area contributed by atoms with Crippen molar-refractivity contribution in [3.8, 4) is 5.75 Å². The van der Waals surface area contributed by atoms with Crippen LogP contribution in [-0.4, -0.2) is 30.1 Å². The van der Waals surface area contributed by atoms with Crippen LogP contribution in [0, 0.1) is 23.2 Å². The van der Waals surface area contributed by atoms with Crippen molar-refractivity contribution < 1.29 is 19.1 Å². The van der Waals surface area contributed by atoms with Gasteiger partial charge in [0.25, 0.3) is 5.91 Å². The summed E-state index contributed by atoms with van der Waals surface area (Å²) in [7, 11) is 1.60. The summed E-state index contributed by atoms with van der Waals surface area (Å²) in [4.78, 5) is 31.1. The fraction of sp³-hybridized carbons (Fsp3) is 0.542. The van der Waals surface area contributed by atoms with E-state index in [4.69, 9.17) is 14.5 Å². The molecule has 1 aromatic carbocycles. The summed E-state index contributed by atoms with van der Waals surface area (Å²) >= 11 is 1.57. The van der Waals surface area contributed by atoms with E-state index in [-0.39, 0.29) is 41.1 Å². The number of esters is 1. The molecule has 2 heterocycles. The number of hydrogen-bond acceptors (Lipinski definition) is 6. The number of methoxy groups -OCH3 is 1. The number of fused-ring (bicyclic) bond motifs is 4. The van der Waals surface area contributed by atoms with Crippen LogP contribution in [0.3, 0.4) is 0 Å². The van der Waals surface area contributed by atoms with Gasteiger partial charge in [-0.05, 0) is 48.9 Å². The maximum absolute atomic E-state index is 12.7. The Morgan fingerprint density at radius 2 is 2.00 bits per heavy atom. The third-order valence-corrected chi connectivity index (χ3v) is 8.72. The average Bonchev–Trinajstić information content (AvgIpc) is 3.27. The van der Waals surface area contributed by atoms with Crippen LogP contribution in [-0.2, 0) is 16.0 Å². The fourth-order valence-electron chi connectivity index (χ4n) is 6.04. The summed E-state index contributed by atoms with van der Waals surface area (Å²) in [5.41, 5.74) is 1.70. The summed E-state index contributed by atoms with van der Waals surface area (Å²) in [6.07, 6.45) is 3.02. The Kier molecular flexibility index (Phi) is 4.84. The third kappa shape index (κ3) is 3.25. The molecule has 3 aliphatic rings. The first kappa shape index (κ1) is 20.5. The van der Waals surface area contributed by atoms with E-state index in [1.54, 1.807) is 42.7 Å². The number of thiazole rings is 1. The molecule has 1 aliphatic heterocycles. The van der Waals surface area contributed by atoms with Gasteiger partial charge in [-0.1, -0.05) is 20.8 Å². The van der Waals surface area contributed by atoms with Gasteiger partial charge in [-0.2, -0.15) is 0 Å². The lowest BCUT2D eigenvalue weighted by atomic mass is 9.54. The lowest BCUT2D eigenvalue weighted by Gasteiger charge is -2.51. The number of hydrogen-bond donors (Lipinski definition) is 1. The zero-order valence-corrected chi connectivity index (χ0v) is 19.1. The number of rotatable bonds is 3. The minimum Gasteiger partial charge on any atom is -0.497 e. The molecule has 31 heavy (non-hydrogen) atoms. The number of nitrogens with zero attached hydrogens (tertiary/aromatic N) is 1. The molecule has 0 unspecified atom stereocenters. The molecule has 0 radical (unpaired) electrons. The molecule has 0 spiro atoms. The molecule has 1 amide bonds. The van der Waals surface area contributed by atoms with Gasteiger partial charge in [-0.3, -0.25) is 14.9 Å². The topological polar surface area (TPSA) is 77.5 Å². The van der Waals surface area contributed by atoms with Gasteiger partial charge in [-0.15, -0.1) is 11.3 Å². The van der Waals surface area contributed by atoms with Crippen molar-refractivity contribution in [1.82, 2.24) is 4.98 Å². The van der Waals surface area contributed by atoms with E-state index >= 15 is 0 Å². The highest BCUT2D eigenvalue weighted by Crippen LogP contribution is 2.59. The zero-order valence-electron chi connectivity index (χ0n) is 18.3. The Morgan fingerprint density at radius 3 is 2.71 bits per heavy atom. The van der Waals surface area contributed by atoms with Gasteiger partial charge >= 0.3 is 5.97 Å². The Balaban J connectivity index is 1.40. The number of carbonyl (C=O) groups excluding carboxylic acids is 2. The Labute approximate surface area is 186 Å². The lowest BCUT2D eigenvalue weighted by molar-refractivity contribution is -0.149. The number of nitrogens with one attached hydrogen (secondary N) is 1. The number of benzene rings is 1. The second-order valence-electron chi connectivity index (χ2n) is 9.55. The van der Waals surface area contributed by atoms with Crippen LogP contribution in [0.5, 0.6) is 5.75 Å². The molecule has 2 aromatic rings. The SMILES string of the molecule is COc1ccc(C(=O)Nc2nc3c(s2)C[C@@]2(C)CC[C@@H]4[C@@H](OC(=O)[C@H]4C)[C@H]2[C@H]3C)cc1. The molecule has 5 rings (SSSR count). The van der Waals surface area contributed by atoms with Gasteiger partial charge in [0.1, 0.15) is 11.9 Å². The Morgan fingerprint density at radius 1 is 1.26 bits per heavy atom. The van der Waals surface area contributed by atoms with E-state index in [1.165, 1.54) is 4.88 Å². The van der Waals surface area contributed by atoms with Gasteiger partial charge in [0.2, 0.25) is 0 Å². The van der Waals surface area contributed by atoms with Crippen molar-refractivity contribution >= 4 is 28.3 Å². The maximum Gasteiger partial charge on any atom is 0.309 e. The van der Waals surface area contributed by atoms with E-state index in [9.17, 15) is 9.59 Å². The van der Waals surface area contributed by atoms with E-state index in [1.807, 2.05) is 6.92 Å². The van der Waals surface area contributed by atoms with Gasteiger partial charge in [0.05, 0.1) is 18.7 Å². The van der Waals surface area contributed by atoms with Crippen LogP contribution < -0.4 is 10.1 Å². The summed E-state index contributed by atoms with van der Waals surface area (Å²) in [5, 5.41) is 3.60. The van der Waals surface area contributed by atoms with E-state index in [2.05, 4.69) is 19.2 Å². The quantitative estimate of drug-likeness (QED) is 0.703. The highest BCUT2D eigenvalue weighted by atomic mass is 32.1. The molecule has 1 saturated heterocycles. The zero-order chi connectivity index (χ0) is 21.9. The van der Waals surface area contributed by atoms with Gasteiger partial charge in [-0.25, -0.2) is 4.98 Å². The van der Waals surface area contributed by atoms with Crippen LogP contribution >= 0.6 is 11.3 Å². The van der Waals surface area contributed by atoms with Crippen LogP contribution in [0.1, 0.15) is 60.5 Å². The minimum absolute atomic E-state index is 0.0158. The van der Waals surface area contributed by atoms with Crippen LogP contribution in [0.15, 0.2) is 24.3 Å².